The normalized spacial score (nSPS) is 20.2. The molecule has 6 bridgehead atoms. The third-order valence-electron chi connectivity index (χ3n) is 13.6. The lowest BCUT2D eigenvalue weighted by atomic mass is 9.84. The number of likely N-dealkylation sites (tertiary alicyclic amines) is 1. The molecule has 69 heavy (non-hydrogen) atoms. The Hall–Kier alpha value is -6.10. The minimum Gasteiger partial charge on any atom is -0.508 e. The molecule has 2 aromatic heterocycles. The van der Waals surface area contributed by atoms with Crippen molar-refractivity contribution >= 4 is 40.5 Å². The van der Waals surface area contributed by atoms with E-state index in [9.17, 15) is 29.1 Å². The Labute approximate surface area is 406 Å². The Kier molecular flexibility index (Phi) is 15.6. The standard InChI is InChI=1S/C53H70N8O8/c1-11-46(63)59-19-17-36(29-59)50(65)58(9)47(32(3)4)49(64)55-43-23-33-20-37(24-38(62)21-33)35-15-16-45-39(25-35)41(26-53(5,6)31-69-52(67)42-14-13-18-61(56-42)51(43)66)48(60(45)12-2)40-22-34(28-57(7)8)27-54-44(40)30-68-10/h11,15-16,20-22,24-25,27,32,36,42-43,47,56,62H,1,12-14,17-19,23,26,28-31H2,2-10H3,(H,55,64)/t36-,42-,43-,47?/m0/s1. The molecule has 3 N–H and O–H groups in total. The maximum absolute atomic E-state index is 14.8. The predicted molar refractivity (Wildman–Crippen MR) is 264 cm³/mol. The van der Waals surface area contributed by atoms with Gasteiger partial charge in [-0.1, -0.05) is 46.4 Å². The average Bonchev–Trinajstić information content (AvgIpc) is 3.92. The fourth-order valence-corrected chi connectivity index (χ4v) is 10.4. The van der Waals surface area contributed by atoms with E-state index in [1.165, 1.54) is 16.0 Å². The third kappa shape index (κ3) is 11.2. The molecule has 1 unspecified atom stereocenters. The van der Waals surface area contributed by atoms with Gasteiger partial charge >= 0.3 is 5.97 Å². The number of pyridine rings is 1. The number of phenols is 1. The van der Waals surface area contributed by atoms with E-state index in [1.54, 1.807) is 31.2 Å². The van der Waals surface area contributed by atoms with Crippen LogP contribution in [0.15, 0.2) is 61.3 Å². The number of benzene rings is 2. The van der Waals surface area contributed by atoms with Crippen molar-refractivity contribution in [2.45, 2.75) is 105 Å². The van der Waals surface area contributed by atoms with Gasteiger partial charge in [-0.2, -0.15) is 0 Å². The van der Waals surface area contributed by atoms with E-state index >= 15 is 0 Å². The highest BCUT2D eigenvalue weighted by Crippen LogP contribution is 2.42. The highest BCUT2D eigenvalue weighted by molar-refractivity contribution is 5.96. The van der Waals surface area contributed by atoms with Gasteiger partial charge in [0, 0.05) is 81.4 Å². The predicted octanol–water partition coefficient (Wildman–Crippen LogP) is 5.47. The summed E-state index contributed by atoms with van der Waals surface area (Å²) in [4.78, 5) is 79.6. The molecule has 3 aliphatic heterocycles. The molecule has 2 fully saturated rings. The molecule has 4 aromatic rings. The van der Waals surface area contributed by atoms with E-state index in [2.05, 4.69) is 65.8 Å². The summed E-state index contributed by atoms with van der Waals surface area (Å²) >= 11 is 0. The number of likely N-dealkylation sites (N-methyl/N-ethyl adjacent to an activating group) is 1. The lowest BCUT2D eigenvalue weighted by Crippen LogP contribution is -2.62. The van der Waals surface area contributed by atoms with Gasteiger partial charge in [-0.25, -0.2) is 5.43 Å². The molecule has 3 aliphatic rings. The summed E-state index contributed by atoms with van der Waals surface area (Å²) in [5.41, 5.74) is 10.6. The number of esters is 1. The molecular weight excluding hydrogens is 877 g/mol. The lowest BCUT2D eigenvalue weighted by molar-refractivity contribution is -0.155. The number of hydrazine groups is 1. The van der Waals surface area contributed by atoms with Gasteiger partial charge in [0.05, 0.1) is 30.5 Å². The second-order valence-electron chi connectivity index (χ2n) is 20.3. The smallest absolute Gasteiger partial charge is 0.324 e. The number of hydrogen-bond acceptors (Lipinski definition) is 11. The molecule has 16 heteroatoms. The molecule has 0 spiro atoms. The number of fused-ring (bicyclic) bond motifs is 6. The Balaban J connectivity index is 1.32. The van der Waals surface area contributed by atoms with Crippen molar-refractivity contribution in [2.75, 3.05) is 54.5 Å². The van der Waals surface area contributed by atoms with E-state index < -0.39 is 47.2 Å². The summed E-state index contributed by atoms with van der Waals surface area (Å²) in [6.07, 6.45) is 5.04. The minimum atomic E-state index is -1.17. The van der Waals surface area contributed by atoms with Crippen LogP contribution in [0.25, 0.3) is 33.3 Å². The maximum atomic E-state index is 14.8. The van der Waals surface area contributed by atoms with Crippen LogP contribution in [-0.4, -0.2) is 137 Å². The van der Waals surface area contributed by atoms with Gasteiger partial charge in [0.15, 0.2) is 0 Å². The summed E-state index contributed by atoms with van der Waals surface area (Å²) in [5, 5.41) is 16.8. The van der Waals surface area contributed by atoms with Crippen molar-refractivity contribution in [3.63, 3.8) is 0 Å². The minimum absolute atomic E-state index is 0.0134. The number of aromatic nitrogens is 2. The molecule has 4 atom stereocenters. The van der Waals surface area contributed by atoms with Gasteiger partial charge in [0.2, 0.25) is 17.7 Å². The first-order valence-corrected chi connectivity index (χ1v) is 24.2. The first kappa shape index (κ1) is 50.8. The van der Waals surface area contributed by atoms with Crippen molar-refractivity contribution in [1.29, 1.82) is 0 Å². The average molecular weight is 947 g/mol. The van der Waals surface area contributed by atoms with Crippen LogP contribution in [-0.2, 0) is 66.0 Å². The lowest BCUT2D eigenvalue weighted by Gasteiger charge is -2.37. The van der Waals surface area contributed by atoms with Gasteiger partial charge in [0.1, 0.15) is 23.9 Å². The molecule has 7 rings (SSSR count). The van der Waals surface area contributed by atoms with Crippen LogP contribution < -0.4 is 10.7 Å². The highest BCUT2D eigenvalue weighted by Gasteiger charge is 2.40. The number of rotatable bonds is 12. The number of amides is 4. The number of aryl methyl sites for hydroxylation is 1. The molecule has 0 aliphatic carbocycles. The van der Waals surface area contributed by atoms with Gasteiger partial charge in [0.25, 0.3) is 5.91 Å². The summed E-state index contributed by atoms with van der Waals surface area (Å²) < 4.78 is 14.2. The van der Waals surface area contributed by atoms with E-state index in [1.807, 2.05) is 46.3 Å². The Bertz CT molecular complexity index is 2600. The van der Waals surface area contributed by atoms with Crippen LogP contribution in [0.1, 0.15) is 76.3 Å². The molecule has 0 saturated carbocycles. The fraction of sp³-hybridized carbons (Fsp3) is 0.509. The van der Waals surface area contributed by atoms with Crippen LogP contribution in [0.2, 0.25) is 0 Å². The van der Waals surface area contributed by atoms with E-state index in [0.717, 1.165) is 44.5 Å². The first-order chi connectivity index (χ1) is 32.8. The van der Waals surface area contributed by atoms with Gasteiger partial charge < -0.3 is 39.2 Å². The van der Waals surface area contributed by atoms with Crippen molar-refractivity contribution in [1.82, 2.24) is 40.0 Å². The molecule has 16 nitrogen and oxygen atoms in total. The number of aromatic hydroxyl groups is 1. The van der Waals surface area contributed by atoms with Gasteiger partial charge in [-0.15, -0.1) is 0 Å². The Morgan fingerprint density at radius 1 is 1.07 bits per heavy atom. The zero-order valence-corrected chi connectivity index (χ0v) is 41.8. The first-order valence-electron chi connectivity index (χ1n) is 24.2. The van der Waals surface area contributed by atoms with Crippen LogP contribution in [0.4, 0.5) is 0 Å². The molecule has 2 aromatic carbocycles. The van der Waals surface area contributed by atoms with Crippen LogP contribution in [0.3, 0.4) is 0 Å². The number of nitrogens with one attached hydrogen (secondary N) is 2. The van der Waals surface area contributed by atoms with Gasteiger partial charge in [-0.05, 0) is 117 Å². The summed E-state index contributed by atoms with van der Waals surface area (Å²) in [7, 11) is 7.30. The van der Waals surface area contributed by atoms with Crippen LogP contribution >= 0.6 is 0 Å². The second kappa shape index (κ2) is 21.3. The van der Waals surface area contributed by atoms with E-state index in [0.29, 0.717) is 63.1 Å². The number of phenolic OH excluding ortho intramolecular Hbond substituents is 1. The SMILES string of the molecule is C=CC(=O)N1CC[C@H](C(=O)N(C)C(C(=O)N[C@H]2Cc3cc(O)cc(c3)-c3ccc4c(c3)c(c(-c3cc(CN(C)C)cnc3COC)n4CC)CC(C)(C)COC(=O)[C@@H]3CCCN(N3)C2=O)C(C)C)C1. The second-order valence-corrected chi connectivity index (χ2v) is 20.3. The Morgan fingerprint density at radius 2 is 1.84 bits per heavy atom. The number of hydrogen-bond donors (Lipinski definition) is 3. The van der Waals surface area contributed by atoms with Crippen molar-refractivity contribution in [2.24, 2.45) is 17.3 Å². The molecular formula is C53H70N8O8. The Morgan fingerprint density at radius 3 is 2.54 bits per heavy atom. The largest absolute Gasteiger partial charge is 0.508 e. The highest BCUT2D eigenvalue weighted by atomic mass is 16.5. The fourth-order valence-electron chi connectivity index (χ4n) is 10.4. The monoisotopic (exact) mass is 947 g/mol. The number of carbonyl (C=O) groups is 5. The van der Waals surface area contributed by atoms with Crippen LogP contribution in [0, 0.1) is 17.3 Å². The topological polar surface area (TPSA) is 179 Å². The summed E-state index contributed by atoms with van der Waals surface area (Å²) in [5.74, 6) is -2.87. The van der Waals surface area contributed by atoms with Crippen LogP contribution in [0.5, 0.6) is 5.75 Å². The molecule has 4 amide bonds. The van der Waals surface area contributed by atoms with E-state index in [-0.39, 0.29) is 49.6 Å². The summed E-state index contributed by atoms with van der Waals surface area (Å²) in [6.45, 7) is 16.2. The number of cyclic esters (lactones) is 1. The molecule has 0 radical (unpaired) electrons. The third-order valence-corrected chi connectivity index (χ3v) is 13.6. The van der Waals surface area contributed by atoms with E-state index in [4.69, 9.17) is 14.5 Å². The number of nitrogens with zero attached hydrogens (tertiary/aromatic N) is 6. The zero-order chi connectivity index (χ0) is 49.9. The number of carbonyl (C=O) groups excluding carboxylic acids is 5. The number of ether oxygens (including phenoxy) is 2. The molecule has 370 valence electrons. The molecule has 2 saturated heterocycles. The van der Waals surface area contributed by atoms with Crippen molar-refractivity contribution < 1.29 is 38.6 Å². The number of methoxy groups -OCH3 is 1. The molecule has 5 heterocycles. The van der Waals surface area contributed by atoms with Crippen molar-refractivity contribution in [3.8, 4) is 28.1 Å². The quantitative estimate of drug-likeness (QED) is 0.121. The maximum Gasteiger partial charge on any atom is 0.324 e. The van der Waals surface area contributed by atoms with Crippen molar-refractivity contribution in [3.05, 3.63) is 83.7 Å². The zero-order valence-electron chi connectivity index (χ0n) is 41.8. The van der Waals surface area contributed by atoms with Gasteiger partial charge in [-0.3, -0.25) is 34.0 Å². The summed E-state index contributed by atoms with van der Waals surface area (Å²) in [6, 6.07) is 10.7.